The highest BCUT2D eigenvalue weighted by molar-refractivity contribution is 5.34. The first-order valence-electron chi connectivity index (χ1n) is 5.81. The van der Waals surface area contributed by atoms with Crippen LogP contribution in [0.2, 0.25) is 0 Å². The van der Waals surface area contributed by atoms with E-state index in [0.717, 1.165) is 17.9 Å². The van der Waals surface area contributed by atoms with Gasteiger partial charge in [0.25, 0.3) is 0 Å². The van der Waals surface area contributed by atoms with Gasteiger partial charge in [-0.25, -0.2) is 0 Å². The molecule has 0 radical (unpaired) electrons. The minimum atomic E-state index is 0.168. The van der Waals surface area contributed by atoms with Crippen molar-refractivity contribution in [2.45, 2.75) is 19.4 Å². The van der Waals surface area contributed by atoms with E-state index in [4.69, 9.17) is 10.5 Å². The predicted octanol–water partition coefficient (Wildman–Crippen LogP) is 3.37. The number of nitrogens with two attached hydrogens (primary N) is 1. The molecule has 2 heteroatoms. The maximum Gasteiger partial charge on any atom is 0.127 e. The van der Waals surface area contributed by atoms with Gasteiger partial charge in [-0.05, 0) is 43.2 Å². The molecule has 0 aliphatic carbocycles. The lowest BCUT2D eigenvalue weighted by atomic mass is 10.1. The Hall–Kier alpha value is -1.80. The Labute approximate surface area is 102 Å². The van der Waals surface area contributed by atoms with Crippen LogP contribution in [0.5, 0.6) is 11.5 Å². The summed E-state index contributed by atoms with van der Waals surface area (Å²) in [4.78, 5) is 0. The maximum absolute atomic E-state index is 5.79. The molecular weight excluding hydrogens is 210 g/mol. The van der Waals surface area contributed by atoms with Crippen molar-refractivity contribution in [1.82, 2.24) is 0 Å². The standard InChI is InChI=1S/C15H17NO/c1-12(16)10-13-6-5-9-15(11-13)17-14-7-3-2-4-8-14/h2-9,11-12H,10,16H2,1H3/t12-/m1/s1. The third kappa shape index (κ3) is 3.61. The van der Waals surface area contributed by atoms with Crippen molar-refractivity contribution < 1.29 is 4.74 Å². The summed E-state index contributed by atoms with van der Waals surface area (Å²) in [6.07, 6.45) is 0.867. The van der Waals surface area contributed by atoms with E-state index >= 15 is 0 Å². The Balaban J connectivity index is 2.11. The molecule has 2 rings (SSSR count). The molecule has 1 atom stereocenters. The first-order chi connectivity index (χ1) is 8.24. The van der Waals surface area contributed by atoms with E-state index in [9.17, 15) is 0 Å². The quantitative estimate of drug-likeness (QED) is 0.869. The third-order valence-corrected chi connectivity index (χ3v) is 2.44. The van der Waals surface area contributed by atoms with Crippen LogP contribution >= 0.6 is 0 Å². The van der Waals surface area contributed by atoms with Crippen molar-refractivity contribution in [1.29, 1.82) is 0 Å². The first-order valence-corrected chi connectivity index (χ1v) is 5.81. The van der Waals surface area contributed by atoms with Crippen LogP contribution in [0.15, 0.2) is 54.6 Å². The Bertz CT molecular complexity index is 465. The Morgan fingerprint density at radius 2 is 1.71 bits per heavy atom. The Morgan fingerprint density at radius 1 is 1.00 bits per heavy atom. The fourth-order valence-electron chi connectivity index (χ4n) is 1.73. The van der Waals surface area contributed by atoms with Crippen LogP contribution in [0.1, 0.15) is 12.5 Å². The molecule has 0 aromatic heterocycles. The highest BCUT2D eigenvalue weighted by Crippen LogP contribution is 2.22. The zero-order valence-corrected chi connectivity index (χ0v) is 9.97. The van der Waals surface area contributed by atoms with Crippen molar-refractivity contribution in [2.75, 3.05) is 0 Å². The molecule has 0 aliphatic rings. The van der Waals surface area contributed by atoms with Crippen LogP contribution in [0.4, 0.5) is 0 Å². The summed E-state index contributed by atoms with van der Waals surface area (Å²) in [5.41, 5.74) is 6.99. The molecule has 2 nitrogen and oxygen atoms in total. The number of hydrogen-bond donors (Lipinski definition) is 1. The first kappa shape index (κ1) is 11.7. The maximum atomic E-state index is 5.79. The molecule has 88 valence electrons. The molecule has 0 aliphatic heterocycles. The molecular formula is C15H17NO. The van der Waals surface area contributed by atoms with Crippen molar-refractivity contribution in [2.24, 2.45) is 5.73 Å². The number of ether oxygens (including phenoxy) is 1. The smallest absolute Gasteiger partial charge is 0.127 e. The number of hydrogen-bond acceptors (Lipinski definition) is 2. The fraction of sp³-hybridized carbons (Fsp3) is 0.200. The van der Waals surface area contributed by atoms with Gasteiger partial charge in [0.15, 0.2) is 0 Å². The highest BCUT2D eigenvalue weighted by atomic mass is 16.5. The zero-order chi connectivity index (χ0) is 12.1. The minimum absolute atomic E-state index is 0.168. The van der Waals surface area contributed by atoms with E-state index in [-0.39, 0.29) is 6.04 Å². The second-order valence-electron chi connectivity index (χ2n) is 4.24. The summed E-state index contributed by atoms with van der Waals surface area (Å²) >= 11 is 0. The predicted molar refractivity (Wildman–Crippen MR) is 70.3 cm³/mol. The van der Waals surface area contributed by atoms with E-state index < -0.39 is 0 Å². The average Bonchev–Trinajstić information content (AvgIpc) is 2.30. The van der Waals surface area contributed by atoms with E-state index in [1.165, 1.54) is 5.56 Å². The van der Waals surface area contributed by atoms with Gasteiger partial charge >= 0.3 is 0 Å². The molecule has 0 saturated carbocycles. The molecule has 0 fully saturated rings. The lowest BCUT2D eigenvalue weighted by molar-refractivity contribution is 0.481. The molecule has 2 aromatic rings. The van der Waals surface area contributed by atoms with Gasteiger partial charge in [-0.3, -0.25) is 0 Å². The van der Waals surface area contributed by atoms with E-state index in [1.54, 1.807) is 0 Å². The Kier molecular flexibility index (Phi) is 3.78. The molecule has 0 unspecified atom stereocenters. The summed E-state index contributed by atoms with van der Waals surface area (Å²) in [7, 11) is 0. The summed E-state index contributed by atoms with van der Waals surface area (Å²) in [6.45, 7) is 2.00. The number of rotatable bonds is 4. The van der Waals surface area contributed by atoms with Crippen molar-refractivity contribution >= 4 is 0 Å². The highest BCUT2D eigenvalue weighted by Gasteiger charge is 2.01. The van der Waals surface area contributed by atoms with E-state index in [1.807, 2.05) is 55.5 Å². The normalized spacial score (nSPS) is 12.1. The van der Waals surface area contributed by atoms with Crippen LogP contribution in [0.3, 0.4) is 0 Å². The summed E-state index contributed by atoms with van der Waals surface area (Å²) in [5, 5.41) is 0. The molecule has 0 bridgehead atoms. The van der Waals surface area contributed by atoms with Gasteiger partial charge in [0.05, 0.1) is 0 Å². The van der Waals surface area contributed by atoms with Crippen LogP contribution in [0.25, 0.3) is 0 Å². The van der Waals surface area contributed by atoms with Crippen molar-refractivity contribution in [3.8, 4) is 11.5 Å². The van der Waals surface area contributed by atoms with Crippen LogP contribution in [-0.2, 0) is 6.42 Å². The van der Waals surface area contributed by atoms with Crippen LogP contribution in [-0.4, -0.2) is 6.04 Å². The molecule has 0 heterocycles. The summed E-state index contributed by atoms with van der Waals surface area (Å²) in [5.74, 6) is 1.71. The second kappa shape index (κ2) is 5.51. The van der Waals surface area contributed by atoms with Gasteiger partial charge in [-0.15, -0.1) is 0 Å². The van der Waals surface area contributed by atoms with E-state index in [2.05, 4.69) is 6.07 Å². The molecule has 17 heavy (non-hydrogen) atoms. The lowest BCUT2D eigenvalue weighted by Gasteiger charge is -2.09. The van der Waals surface area contributed by atoms with Gasteiger partial charge in [-0.2, -0.15) is 0 Å². The van der Waals surface area contributed by atoms with Gasteiger partial charge in [0, 0.05) is 6.04 Å². The Morgan fingerprint density at radius 3 is 2.41 bits per heavy atom. The summed E-state index contributed by atoms with van der Waals surface area (Å²) < 4.78 is 5.76. The van der Waals surface area contributed by atoms with Crippen molar-refractivity contribution in [3.05, 3.63) is 60.2 Å². The van der Waals surface area contributed by atoms with Gasteiger partial charge in [-0.1, -0.05) is 30.3 Å². The molecule has 2 aromatic carbocycles. The van der Waals surface area contributed by atoms with Gasteiger partial charge in [0.2, 0.25) is 0 Å². The zero-order valence-electron chi connectivity index (χ0n) is 9.97. The van der Waals surface area contributed by atoms with Crippen LogP contribution in [0, 0.1) is 0 Å². The largest absolute Gasteiger partial charge is 0.457 e. The number of para-hydroxylation sites is 1. The number of benzene rings is 2. The lowest BCUT2D eigenvalue weighted by Crippen LogP contribution is -2.17. The fourth-order valence-corrected chi connectivity index (χ4v) is 1.73. The summed E-state index contributed by atoms with van der Waals surface area (Å²) in [6, 6.07) is 18.0. The van der Waals surface area contributed by atoms with Gasteiger partial charge < -0.3 is 10.5 Å². The SMILES string of the molecule is C[C@@H](N)Cc1cccc(Oc2ccccc2)c1. The molecule has 2 N–H and O–H groups in total. The molecule has 0 amide bonds. The monoisotopic (exact) mass is 227 g/mol. The molecule has 0 spiro atoms. The average molecular weight is 227 g/mol. The minimum Gasteiger partial charge on any atom is -0.457 e. The third-order valence-electron chi connectivity index (χ3n) is 2.44. The van der Waals surface area contributed by atoms with Crippen LogP contribution < -0.4 is 10.5 Å². The second-order valence-corrected chi connectivity index (χ2v) is 4.24. The van der Waals surface area contributed by atoms with Gasteiger partial charge in [0.1, 0.15) is 11.5 Å². The van der Waals surface area contributed by atoms with Crippen molar-refractivity contribution in [3.63, 3.8) is 0 Å². The topological polar surface area (TPSA) is 35.2 Å². The van der Waals surface area contributed by atoms with E-state index in [0.29, 0.717) is 0 Å². The molecule has 0 saturated heterocycles.